The third kappa shape index (κ3) is 1.36. The van der Waals surface area contributed by atoms with Crippen molar-refractivity contribution < 1.29 is 8.42 Å². The molecule has 0 aliphatic heterocycles. The summed E-state index contributed by atoms with van der Waals surface area (Å²) in [5.41, 5.74) is 0. The van der Waals surface area contributed by atoms with Crippen LogP contribution < -0.4 is 5.14 Å². The second-order valence-corrected chi connectivity index (χ2v) is 3.76. The number of nitrogens with zero attached hydrogens (tertiary/aromatic N) is 4. The number of hydrogen-bond acceptors (Lipinski definition) is 5. The molecule has 2 heterocycles. The Labute approximate surface area is 73.3 Å². The van der Waals surface area contributed by atoms with Gasteiger partial charge in [-0.2, -0.15) is 4.98 Å². The average Bonchev–Trinajstić information content (AvgIpc) is 2.45. The van der Waals surface area contributed by atoms with E-state index < -0.39 is 15.2 Å². The van der Waals surface area contributed by atoms with Crippen molar-refractivity contribution in [2.45, 2.75) is 5.16 Å². The van der Waals surface area contributed by atoms with Crippen LogP contribution in [0.3, 0.4) is 0 Å². The molecule has 8 heteroatoms. The summed E-state index contributed by atoms with van der Waals surface area (Å²) in [6.07, 6.45) is 3.01. The molecule has 13 heavy (non-hydrogen) atoms. The molecule has 2 N–H and O–H groups in total. The standard InChI is InChI=1S/C5H5N5O2S/c6-13(11,12)5-8-4-7-2-1-3-10(4)9-5/h1-3H,(H2,6,11,12). The fourth-order valence-electron chi connectivity index (χ4n) is 0.834. The zero-order chi connectivity index (χ0) is 9.47. The Morgan fingerprint density at radius 2 is 2.23 bits per heavy atom. The minimum Gasteiger partial charge on any atom is -0.222 e. The van der Waals surface area contributed by atoms with Crippen LogP contribution in [0.5, 0.6) is 0 Å². The van der Waals surface area contributed by atoms with Crippen LogP contribution in [0.25, 0.3) is 5.78 Å². The van der Waals surface area contributed by atoms with Crippen LogP contribution in [0.1, 0.15) is 0 Å². The molecule has 0 atom stereocenters. The molecule has 0 bridgehead atoms. The van der Waals surface area contributed by atoms with E-state index in [1.54, 1.807) is 6.07 Å². The van der Waals surface area contributed by atoms with E-state index >= 15 is 0 Å². The minimum absolute atomic E-state index is 0.200. The van der Waals surface area contributed by atoms with Crippen LogP contribution in [0, 0.1) is 0 Å². The molecule has 0 unspecified atom stereocenters. The zero-order valence-corrected chi connectivity index (χ0v) is 7.14. The number of hydrogen-bond donors (Lipinski definition) is 1. The zero-order valence-electron chi connectivity index (χ0n) is 6.32. The number of sulfonamides is 1. The smallest absolute Gasteiger partial charge is 0.222 e. The molecule has 0 spiro atoms. The van der Waals surface area contributed by atoms with Gasteiger partial charge in [0, 0.05) is 12.4 Å². The van der Waals surface area contributed by atoms with E-state index in [-0.39, 0.29) is 5.78 Å². The summed E-state index contributed by atoms with van der Waals surface area (Å²) in [5.74, 6) is 0.200. The van der Waals surface area contributed by atoms with E-state index in [4.69, 9.17) is 5.14 Å². The number of aromatic nitrogens is 4. The summed E-state index contributed by atoms with van der Waals surface area (Å²) >= 11 is 0. The summed E-state index contributed by atoms with van der Waals surface area (Å²) in [6.45, 7) is 0. The molecule has 2 aromatic rings. The van der Waals surface area contributed by atoms with Crippen LogP contribution in [0.15, 0.2) is 23.6 Å². The van der Waals surface area contributed by atoms with Gasteiger partial charge in [-0.3, -0.25) is 0 Å². The molecule has 68 valence electrons. The van der Waals surface area contributed by atoms with Gasteiger partial charge in [0.2, 0.25) is 0 Å². The summed E-state index contributed by atoms with van der Waals surface area (Å²) < 4.78 is 22.9. The highest BCUT2D eigenvalue weighted by Gasteiger charge is 2.14. The lowest BCUT2D eigenvalue weighted by Crippen LogP contribution is -2.14. The SMILES string of the molecule is NS(=O)(=O)c1nc2ncccn2n1. The first-order valence-corrected chi connectivity index (χ1v) is 4.82. The Kier molecular flexibility index (Phi) is 1.54. The topological polar surface area (TPSA) is 103 Å². The Hall–Kier alpha value is -1.54. The summed E-state index contributed by atoms with van der Waals surface area (Å²) in [5, 5.41) is 8.02. The molecule has 0 aliphatic carbocycles. The lowest BCUT2D eigenvalue weighted by Gasteiger charge is -1.84. The first-order chi connectivity index (χ1) is 6.07. The van der Waals surface area contributed by atoms with E-state index in [0.717, 1.165) is 0 Å². The molecule has 0 saturated carbocycles. The van der Waals surface area contributed by atoms with Crippen molar-refractivity contribution in [2.24, 2.45) is 5.14 Å². The van der Waals surface area contributed by atoms with Gasteiger partial charge in [0.15, 0.2) is 0 Å². The molecular formula is C5H5N5O2S. The number of rotatable bonds is 1. The second kappa shape index (κ2) is 2.47. The monoisotopic (exact) mass is 199 g/mol. The predicted molar refractivity (Wildman–Crippen MR) is 42.2 cm³/mol. The summed E-state index contributed by atoms with van der Waals surface area (Å²) in [6, 6.07) is 1.61. The second-order valence-electron chi connectivity index (χ2n) is 2.30. The van der Waals surface area contributed by atoms with Crippen LogP contribution in [0.4, 0.5) is 0 Å². The maximum absolute atomic E-state index is 10.8. The summed E-state index contributed by atoms with van der Waals surface area (Å²) in [7, 11) is -3.85. The predicted octanol–water partition coefficient (Wildman–Crippen LogP) is -1.23. The highest BCUT2D eigenvalue weighted by molar-refractivity contribution is 7.89. The van der Waals surface area contributed by atoms with Gasteiger partial charge >= 0.3 is 0 Å². The fourth-order valence-corrected chi connectivity index (χ4v) is 1.24. The minimum atomic E-state index is -3.85. The van der Waals surface area contributed by atoms with Gasteiger partial charge in [-0.15, -0.1) is 5.10 Å². The number of fused-ring (bicyclic) bond motifs is 1. The van der Waals surface area contributed by atoms with Gasteiger partial charge in [0.25, 0.3) is 21.0 Å². The molecular weight excluding hydrogens is 194 g/mol. The average molecular weight is 199 g/mol. The van der Waals surface area contributed by atoms with E-state index in [2.05, 4.69) is 15.1 Å². The van der Waals surface area contributed by atoms with Crippen molar-refractivity contribution in [3.63, 3.8) is 0 Å². The Balaban J connectivity index is 2.77. The Morgan fingerprint density at radius 3 is 2.85 bits per heavy atom. The maximum Gasteiger partial charge on any atom is 0.284 e. The molecule has 2 rings (SSSR count). The van der Waals surface area contributed by atoms with Gasteiger partial charge in [-0.05, 0) is 6.07 Å². The Bertz CT molecular complexity index is 512. The van der Waals surface area contributed by atoms with Crippen LogP contribution in [-0.4, -0.2) is 28.0 Å². The van der Waals surface area contributed by atoms with Crippen LogP contribution in [-0.2, 0) is 10.0 Å². The summed E-state index contributed by atoms with van der Waals surface area (Å²) in [4.78, 5) is 7.40. The normalized spacial score (nSPS) is 12.1. The van der Waals surface area contributed by atoms with Gasteiger partial charge in [0.1, 0.15) is 0 Å². The largest absolute Gasteiger partial charge is 0.284 e. The molecule has 7 nitrogen and oxygen atoms in total. The third-order valence-corrected chi connectivity index (χ3v) is 2.03. The number of nitrogens with two attached hydrogens (primary N) is 1. The van der Waals surface area contributed by atoms with Crippen molar-refractivity contribution in [1.82, 2.24) is 19.6 Å². The van der Waals surface area contributed by atoms with E-state index in [0.29, 0.717) is 0 Å². The first-order valence-electron chi connectivity index (χ1n) is 3.27. The van der Waals surface area contributed by atoms with Gasteiger partial charge in [-0.1, -0.05) is 0 Å². The highest BCUT2D eigenvalue weighted by atomic mass is 32.2. The van der Waals surface area contributed by atoms with Crippen molar-refractivity contribution in [1.29, 1.82) is 0 Å². The maximum atomic E-state index is 10.8. The molecule has 0 aliphatic rings. The van der Waals surface area contributed by atoms with E-state index in [1.807, 2.05) is 0 Å². The lowest BCUT2D eigenvalue weighted by molar-refractivity contribution is 0.588. The molecule has 0 aromatic carbocycles. The van der Waals surface area contributed by atoms with Crippen molar-refractivity contribution in [2.75, 3.05) is 0 Å². The molecule has 0 radical (unpaired) electrons. The van der Waals surface area contributed by atoms with E-state index in [9.17, 15) is 8.42 Å². The van der Waals surface area contributed by atoms with Crippen molar-refractivity contribution >= 4 is 15.8 Å². The fraction of sp³-hybridized carbons (Fsp3) is 0. The number of primary sulfonamides is 1. The van der Waals surface area contributed by atoms with Crippen LogP contribution >= 0.6 is 0 Å². The van der Waals surface area contributed by atoms with Crippen molar-refractivity contribution in [3.05, 3.63) is 18.5 Å². The third-order valence-electron chi connectivity index (χ3n) is 1.35. The van der Waals surface area contributed by atoms with Crippen LogP contribution in [0.2, 0.25) is 0 Å². The Morgan fingerprint density at radius 1 is 1.46 bits per heavy atom. The lowest BCUT2D eigenvalue weighted by atomic mass is 10.7. The first kappa shape index (κ1) is 8.08. The molecule has 0 saturated heterocycles. The molecule has 0 fully saturated rings. The van der Waals surface area contributed by atoms with Gasteiger partial charge < -0.3 is 0 Å². The van der Waals surface area contributed by atoms with Crippen molar-refractivity contribution in [3.8, 4) is 0 Å². The van der Waals surface area contributed by atoms with E-state index in [1.165, 1.54) is 16.9 Å². The molecule has 0 amide bonds. The van der Waals surface area contributed by atoms with Gasteiger partial charge in [0.05, 0.1) is 0 Å². The molecule has 2 aromatic heterocycles. The highest BCUT2D eigenvalue weighted by Crippen LogP contribution is 2.00. The van der Waals surface area contributed by atoms with Gasteiger partial charge in [-0.25, -0.2) is 23.1 Å². The quantitative estimate of drug-likeness (QED) is 0.619.